The molecule has 0 bridgehead atoms. The van der Waals surface area contributed by atoms with Crippen molar-refractivity contribution in [3.8, 4) is 11.1 Å². The van der Waals surface area contributed by atoms with E-state index in [9.17, 15) is 4.79 Å². The van der Waals surface area contributed by atoms with Crippen molar-refractivity contribution in [2.24, 2.45) is 0 Å². The average Bonchev–Trinajstić information content (AvgIpc) is 3.09. The van der Waals surface area contributed by atoms with E-state index in [0.29, 0.717) is 11.6 Å². The molecule has 0 amide bonds. The minimum Gasteiger partial charge on any atom is -0.465 e. The van der Waals surface area contributed by atoms with Crippen molar-refractivity contribution in [3.63, 3.8) is 0 Å². The lowest BCUT2D eigenvalue weighted by Gasteiger charge is -2.04. The molecule has 0 aliphatic carbocycles. The Balaban J connectivity index is 2.21. The SMILES string of the molecule is COC(=O)c1c(C)[nH]c2c(-c3cnn(C(C)C)c3)cccc12. The number of carbonyl (C=O) groups is 1. The first-order valence-corrected chi connectivity index (χ1v) is 7.27. The number of ether oxygens (including phenoxy) is 1. The van der Waals surface area contributed by atoms with E-state index in [-0.39, 0.29) is 5.97 Å². The standard InChI is InChI=1S/C17H19N3O2/c1-10(2)20-9-12(8-18-20)13-6-5-7-14-15(17(21)22-4)11(3)19-16(13)14/h5-10,19H,1-4H3. The largest absolute Gasteiger partial charge is 0.465 e. The molecule has 0 atom stereocenters. The van der Waals surface area contributed by atoms with Gasteiger partial charge in [0, 0.05) is 34.4 Å². The zero-order valence-corrected chi connectivity index (χ0v) is 13.2. The fourth-order valence-electron chi connectivity index (χ4n) is 2.71. The molecule has 3 rings (SSSR count). The summed E-state index contributed by atoms with van der Waals surface area (Å²) < 4.78 is 6.81. The number of carbonyl (C=O) groups excluding carboxylic acids is 1. The average molecular weight is 297 g/mol. The van der Waals surface area contributed by atoms with Gasteiger partial charge in [-0.3, -0.25) is 4.68 Å². The number of rotatable bonds is 3. The molecule has 0 aliphatic rings. The highest BCUT2D eigenvalue weighted by Crippen LogP contribution is 2.32. The number of aromatic nitrogens is 3. The van der Waals surface area contributed by atoms with Gasteiger partial charge in [-0.05, 0) is 20.8 Å². The van der Waals surface area contributed by atoms with Crippen LogP contribution >= 0.6 is 0 Å². The molecule has 0 saturated carbocycles. The maximum Gasteiger partial charge on any atom is 0.340 e. The van der Waals surface area contributed by atoms with Crippen LogP contribution in [0.15, 0.2) is 30.6 Å². The lowest BCUT2D eigenvalue weighted by Crippen LogP contribution is -2.01. The number of aromatic amines is 1. The number of esters is 1. The first kappa shape index (κ1) is 14.4. The Labute approximate surface area is 128 Å². The number of methoxy groups -OCH3 is 1. The third-order valence-corrected chi connectivity index (χ3v) is 3.85. The van der Waals surface area contributed by atoms with Crippen molar-refractivity contribution in [2.45, 2.75) is 26.8 Å². The van der Waals surface area contributed by atoms with Gasteiger partial charge in [-0.1, -0.05) is 18.2 Å². The zero-order valence-electron chi connectivity index (χ0n) is 13.2. The van der Waals surface area contributed by atoms with Crippen molar-refractivity contribution < 1.29 is 9.53 Å². The second kappa shape index (κ2) is 5.33. The Bertz CT molecular complexity index is 843. The summed E-state index contributed by atoms with van der Waals surface area (Å²) in [7, 11) is 1.40. The van der Waals surface area contributed by atoms with Crippen LogP contribution < -0.4 is 0 Å². The van der Waals surface area contributed by atoms with Gasteiger partial charge in [0.2, 0.25) is 0 Å². The number of fused-ring (bicyclic) bond motifs is 1. The number of aryl methyl sites for hydroxylation is 1. The number of hydrogen-bond acceptors (Lipinski definition) is 3. The van der Waals surface area contributed by atoms with Gasteiger partial charge in [-0.15, -0.1) is 0 Å². The van der Waals surface area contributed by atoms with Crippen molar-refractivity contribution in [1.29, 1.82) is 0 Å². The summed E-state index contributed by atoms with van der Waals surface area (Å²) >= 11 is 0. The molecule has 0 aliphatic heterocycles. The van der Waals surface area contributed by atoms with E-state index in [1.807, 2.05) is 42.2 Å². The Morgan fingerprint density at radius 1 is 1.36 bits per heavy atom. The summed E-state index contributed by atoms with van der Waals surface area (Å²) in [6, 6.07) is 6.22. The third-order valence-electron chi connectivity index (χ3n) is 3.85. The van der Waals surface area contributed by atoms with Crippen molar-refractivity contribution in [2.75, 3.05) is 7.11 Å². The summed E-state index contributed by atoms with van der Waals surface area (Å²) in [5.74, 6) is -0.321. The highest BCUT2D eigenvalue weighted by Gasteiger charge is 2.19. The van der Waals surface area contributed by atoms with Crippen molar-refractivity contribution in [3.05, 3.63) is 41.9 Å². The fraction of sp³-hybridized carbons (Fsp3) is 0.294. The molecule has 0 spiro atoms. The highest BCUT2D eigenvalue weighted by molar-refractivity contribution is 6.09. The van der Waals surface area contributed by atoms with Crippen LogP contribution in [-0.4, -0.2) is 27.8 Å². The molecular weight excluding hydrogens is 278 g/mol. The van der Waals surface area contributed by atoms with Crippen LogP contribution in [0, 0.1) is 6.92 Å². The molecule has 0 unspecified atom stereocenters. The molecule has 0 fully saturated rings. The molecular formula is C17H19N3O2. The maximum absolute atomic E-state index is 12.0. The summed E-state index contributed by atoms with van der Waals surface area (Å²) in [6.45, 7) is 6.06. The monoisotopic (exact) mass is 297 g/mol. The van der Waals surface area contributed by atoms with E-state index in [0.717, 1.165) is 27.7 Å². The predicted octanol–water partition coefficient (Wildman–Crippen LogP) is 3.71. The van der Waals surface area contributed by atoms with Crippen molar-refractivity contribution in [1.82, 2.24) is 14.8 Å². The third kappa shape index (κ3) is 2.19. The lowest BCUT2D eigenvalue weighted by molar-refractivity contribution is 0.0602. The number of hydrogen-bond donors (Lipinski definition) is 1. The number of para-hydroxylation sites is 1. The molecule has 2 heterocycles. The molecule has 5 heteroatoms. The van der Waals surface area contributed by atoms with E-state index in [1.54, 1.807) is 0 Å². The molecule has 3 aromatic rings. The summed E-state index contributed by atoms with van der Waals surface area (Å²) in [5.41, 5.74) is 4.39. The van der Waals surface area contributed by atoms with Crippen LogP contribution in [0.2, 0.25) is 0 Å². The van der Waals surface area contributed by atoms with Crippen molar-refractivity contribution >= 4 is 16.9 Å². The predicted molar refractivity (Wildman–Crippen MR) is 86.0 cm³/mol. The Morgan fingerprint density at radius 2 is 2.14 bits per heavy atom. The molecule has 22 heavy (non-hydrogen) atoms. The van der Waals surface area contributed by atoms with Gasteiger partial charge in [0.15, 0.2) is 0 Å². The van der Waals surface area contributed by atoms with Gasteiger partial charge >= 0.3 is 5.97 Å². The van der Waals surface area contributed by atoms with E-state index in [1.165, 1.54) is 7.11 Å². The number of H-pyrrole nitrogens is 1. The van der Waals surface area contributed by atoms with Gasteiger partial charge in [0.1, 0.15) is 0 Å². The molecule has 114 valence electrons. The van der Waals surface area contributed by atoms with Crippen LogP contribution in [0.3, 0.4) is 0 Å². The Hall–Kier alpha value is -2.56. The molecule has 5 nitrogen and oxygen atoms in total. The molecule has 1 N–H and O–H groups in total. The van der Waals surface area contributed by atoms with Gasteiger partial charge < -0.3 is 9.72 Å². The van der Waals surface area contributed by atoms with E-state index >= 15 is 0 Å². The van der Waals surface area contributed by atoms with Crippen LogP contribution in [-0.2, 0) is 4.74 Å². The lowest BCUT2D eigenvalue weighted by atomic mass is 10.0. The smallest absolute Gasteiger partial charge is 0.340 e. The summed E-state index contributed by atoms with van der Waals surface area (Å²) in [5, 5.41) is 5.26. The van der Waals surface area contributed by atoms with E-state index in [4.69, 9.17) is 4.74 Å². The molecule has 1 aromatic carbocycles. The minimum absolute atomic E-state index is 0.309. The van der Waals surface area contributed by atoms with Crippen LogP contribution in [0.1, 0.15) is 35.9 Å². The molecule has 2 aromatic heterocycles. The van der Waals surface area contributed by atoms with Crippen LogP contribution in [0.4, 0.5) is 0 Å². The Kier molecular flexibility index (Phi) is 3.48. The quantitative estimate of drug-likeness (QED) is 0.750. The minimum atomic E-state index is -0.321. The van der Waals surface area contributed by atoms with E-state index in [2.05, 4.69) is 23.9 Å². The van der Waals surface area contributed by atoms with Gasteiger partial charge in [0.25, 0.3) is 0 Å². The maximum atomic E-state index is 12.0. The second-order valence-electron chi connectivity index (χ2n) is 5.65. The van der Waals surface area contributed by atoms with E-state index < -0.39 is 0 Å². The van der Waals surface area contributed by atoms with Gasteiger partial charge in [-0.25, -0.2) is 4.79 Å². The molecule has 0 saturated heterocycles. The summed E-state index contributed by atoms with van der Waals surface area (Å²) in [4.78, 5) is 15.3. The first-order chi connectivity index (χ1) is 10.5. The Morgan fingerprint density at radius 3 is 2.77 bits per heavy atom. The topological polar surface area (TPSA) is 59.9 Å². The highest BCUT2D eigenvalue weighted by atomic mass is 16.5. The first-order valence-electron chi connectivity index (χ1n) is 7.27. The summed E-state index contributed by atoms with van der Waals surface area (Å²) in [6.07, 6.45) is 3.87. The van der Waals surface area contributed by atoms with Gasteiger partial charge in [-0.2, -0.15) is 5.10 Å². The van der Waals surface area contributed by atoms with Crippen LogP contribution in [0.5, 0.6) is 0 Å². The fourth-order valence-corrected chi connectivity index (χ4v) is 2.71. The number of benzene rings is 1. The second-order valence-corrected chi connectivity index (χ2v) is 5.65. The van der Waals surface area contributed by atoms with Gasteiger partial charge in [0.05, 0.1) is 24.4 Å². The number of nitrogens with zero attached hydrogens (tertiary/aromatic N) is 2. The normalized spacial score (nSPS) is 11.3. The number of nitrogens with one attached hydrogen (secondary N) is 1. The zero-order chi connectivity index (χ0) is 15.9. The molecule has 0 radical (unpaired) electrons. The van der Waals surface area contributed by atoms with Crippen LogP contribution in [0.25, 0.3) is 22.0 Å².